The SMILES string of the molecule is CCCOc1ccc(C#Cc2ccc(SC#N)cc2)cc1. The maximum absolute atomic E-state index is 8.59. The van der Waals surface area contributed by atoms with Gasteiger partial charge in [-0.1, -0.05) is 18.8 Å². The topological polar surface area (TPSA) is 33.0 Å². The van der Waals surface area contributed by atoms with E-state index in [9.17, 15) is 0 Å². The average Bonchev–Trinajstić information content (AvgIpc) is 2.53. The van der Waals surface area contributed by atoms with Crippen molar-refractivity contribution < 1.29 is 4.74 Å². The van der Waals surface area contributed by atoms with Crippen molar-refractivity contribution in [1.82, 2.24) is 0 Å². The van der Waals surface area contributed by atoms with Crippen molar-refractivity contribution in [2.24, 2.45) is 0 Å². The summed E-state index contributed by atoms with van der Waals surface area (Å²) in [5.41, 5.74) is 1.89. The highest BCUT2D eigenvalue weighted by Crippen LogP contribution is 2.16. The molecule has 0 aliphatic heterocycles. The number of hydrogen-bond acceptors (Lipinski definition) is 3. The van der Waals surface area contributed by atoms with Gasteiger partial charge in [-0.3, -0.25) is 0 Å². The Kier molecular flexibility index (Phi) is 5.76. The van der Waals surface area contributed by atoms with Crippen LogP contribution in [0.4, 0.5) is 0 Å². The normalized spacial score (nSPS) is 9.33. The van der Waals surface area contributed by atoms with Crippen LogP contribution < -0.4 is 4.74 Å². The van der Waals surface area contributed by atoms with Gasteiger partial charge in [-0.15, -0.1) is 0 Å². The lowest BCUT2D eigenvalue weighted by molar-refractivity contribution is 0.317. The number of nitriles is 1. The summed E-state index contributed by atoms with van der Waals surface area (Å²) in [5.74, 6) is 7.10. The van der Waals surface area contributed by atoms with Crippen LogP contribution in [0.3, 0.4) is 0 Å². The summed E-state index contributed by atoms with van der Waals surface area (Å²) in [4.78, 5) is 0.931. The number of thioether (sulfide) groups is 1. The zero-order valence-electron chi connectivity index (χ0n) is 11.8. The van der Waals surface area contributed by atoms with E-state index >= 15 is 0 Å². The molecule has 2 rings (SSSR count). The zero-order chi connectivity index (χ0) is 14.9. The summed E-state index contributed by atoms with van der Waals surface area (Å²) in [6, 6.07) is 15.4. The van der Waals surface area contributed by atoms with Crippen LogP contribution in [0.15, 0.2) is 53.4 Å². The standard InChI is InChI=1S/C18H15NOS/c1-2-13-20-17-9-5-15(6-10-17)3-4-16-7-11-18(12-8-16)21-14-19/h5-12H,2,13H2,1H3. The lowest BCUT2D eigenvalue weighted by atomic mass is 10.2. The van der Waals surface area contributed by atoms with Crippen molar-refractivity contribution in [3.05, 3.63) is 59.7 Å². The van der Waals surface area contributed by atoms with Gasteiger partial charge in [0.05, 0.1) is 6.61 Å². The highest BCUT2D eigenvalue weighted by Gasteiger charge is 1.94. The Morgan fingerprint density at radius 3 is 2.05 bits per heavy atom. The van der Waals surface area contributed by atoms with Gasteiger partial charge in [0.25, 0.3) is 0 Å². The molecule has 0 saturated heterocycles. The van der Waals surface area contributed by atoms with Gasteiger partial charge in [0.1, 0.15) is 11.2 Å². The van der Waals surface area contributed by atoms with Crippen LogP contribution in [0.2, 0.25) is 0 Å². The molecule has 3 heteroatoms. The van der Waals surface area contributed by atoms with Crippen LogP contribution in [0.1, 0.15) is 24.5 Å². The summed E-state index contributed by atoms with van der Waals surface area (Å²) < 4.78 is 5.53. The molecule has 0 amide bonds. The minimum Gasteiger partial charge on any atom is -0.494 e. The van der Waals surface area contributed by atoms with Crippen molar-refractivity contribution in [3.8, 4) is 23.0 Å². The number of benzene rings is 2. The van der Waals surface area contributed by atoms with E-state index in [4.69, 9.17) is 10.00 Å². The van der Waals surface area contributed by atoms with Gasteiger partial charge in [-0.25, -0.2) is 0 Å². The highest BCUT2D eigenvalue weighted by atomic mass is 32.2. The summed E-state index contributed by atoms with van der Waals surface area (Å²) in [5, 5.41) is 10.6. The van der Waals surface area contributed by atoms with Gasteiger partial charge < -0.3 is 4.74 Å². The van der Waals surface area contributed by atoms with Crippen molar-refractivity contribution in [2.75, 3.05) is 6.61 Å². The molecule has 0 aliphatic carbocycles. The molecule has 2 aromatic rings. The van der Waals surface area contributed by atoms with Crippen LogP contribution in [-0.2, 0) is 0 Å². The number of ether oxygens (including phenoxy) is 1. The fraction of sp³-hybridized carbons (Fsp3) is 0.167. The van der Waals surface area contributed by atoms with E-state index in [1.807, 2.05) is 53.9 Å². The summed E-state index contributed by atoms with van der Waals surface area (Å²) in [6.07, 6.45) is 1.00. The maximum Gasteiger partial charge on any atom is 0.138 e. The van der Waals surface area contributed by atoms with Gasteiger partial charge in [0.2, 0.25) is 0 Å². The molecule has 21 heavy (non-hydrogen) atoms. The average molecular weight is 293 g/mol. The third-order valence-electron chi connectivity index (χ3n) is 2.70. The van der Waals surface area contributed by atoms with Gasteiger partial charge in [-0.05, 0) is 66.7 Å². The molecule has 0 N–H and O–H groups in total. The minimum atomic E-state index is 0.734. The molecule has 0 bridgehead atoms. The van der Waals surface area contributed by atoms with Gasteiger partial charge in [0, 0.05) is 16.0 Å². The fourth-order valence-electron chi connectivity index (χ4n) is 1.66. The van der Waals surface area contributed by atoms with E-state index in [0.717, 1.165) is 46.6 Å². The molecular weight excluding hydrogens is 278 g/mol. The summed E-state index contributed by atoms with van der Waals surface area (Å²) in [7, 11) is 0. The van der Waals surface area contributed by atoms with E-state index < -0.39 is 0 Å². The minimum absolute atomic E-state index is 0.734. The fourth-order valence-corrected chi connectivity index (χ4v) is 2.04. The summed E-state index contributed by atoms with van der Waals surface area (Å²) >= 11 is 1.15. The molecule has 0 atom stereocenters. The Morgan fingerprint density at radius 2 is 1.52 bits per heavy atom. The van der Waals surface area contributed by atoms with E-state index in [-0.39, 0.29) is 0 Å². The molecule has 2 nitrogen and oxygen atoms in total. The number of hydrogen-bond donors (Lipinski definition) is 0. The lowest BCUT2D eigenvalue weighted by Crippen LogP contribution is -1.94. The Labute approximate surface area is 129 Å². The molecule has 0 aliphatic rings. The second kappa shape index (κ2) is 8.04. The molecule has 0 radical (unpaired) electrons. The highest BCUT2D eigenvalue weighted by molar-refractivity contribution is 8.03. The molecule has 0 heterocycles. The smallest absolute Gasteiger partial charge is 0.138 e. The Balaban J connectivity index is 2.03. The molecule has 0 aromatic heterocycles. The summed E-state index contributed by atoms with van der Waals surface area (Å²) in [6.45, 7) is 2.82. The first kappa shape index (κ1) is 15.0. The van der Waals surface area contributed by atoms with E-state index in [2.05, 4.69) is 18.8 Å². The van der Waals surface area contributed by atoms with Gasteiger partial charge in [0.15, 0.2) is 0 Å². The van der Waals surface area contributed by atoms with Crippen LogP contribution in [0.5, 0.6) is 5.75 Å². The largest absolute Gasteiger partial charge is 0.494 e. The monoisotopic (exact) mass is 293 g/mol. The van der Waals surface area contributed by atoms with Crippen LogP contribution in [-0.4, -0.2) is 6.61 Å². The van der Waals surface area contributed by atoms with Crippen LogP contribution in [0, 0.1) is 22.5 Å². The first-order chi connectivity index (χ1) is 10.3. The molecule has 2 aromatic carbocycles. The molecule has 0 saturated carbocycles. The molecule has 0 unspecified atom stereocenters. The number of nitrogens with zero attached hydrogens (tertiary/aromatic N) is 1. The second-order valence-corrected chi connectivity index (χ2v) is 5.20. The van der Waals surface area contributed by atoms with Crippen molar-refractivity contribution >= 4 is 11.8 Å². The van der Waals surface area contributed by atoms with Gasteiger partial charge in [-0.2, -0.15) is 5.26 Å². The molecular formula is C18H15NOS. The molecule has 0 spiro atoms. The Morgan fingerprint density at radius 1 is 0.952 bits per heavy atom. The van der Waals surface area contributed by atoms with Crippen LogP contribution in [0.25, 0.3) is 0 Å². The molecule has 0 fully saturated rings. The van der Waals surface area contributed by atoms with E-state index in [1.165, 1.54) is 0 Å². The van der Waals surface area contributed by atoms with Gasteiger partial charge >= 0.3 is 0 Å². The lowest BCUT2D eigenvalue weighted by Gasteiger charge is -2.03. The zero-order valence-corrected chi connectivity index (χ0v) is 12.6. The first-order valence-electron chi connectivity index (χ1n) is 6.72. The van der Waals surface area contributed by atoms with Crippen molar-refractivity contribution in [2.45, 2.75) is 18.2 Å². The van der Waals surface area contributed by atoms with E-state index in [0.29, 0.717) is 0 Å². The van der Waals surface area contributed by atoms with Crippen molar-refractivity contribution in [3.63, 3.8) is 0 Å². The third kappa shape index (κ3) is 4.91. The second-order valence-electron chi connectivity index (χ2n) is 4.34. The van der Waals surface area contributed by atoms with Crippen LogP contribution >= 0.6 is 11.8 Å². The molecule has 104 valence electrons. The predicted octanol–water partition coefficient (Wildman–Crippen LogP) is 4.45. The predicted molar refractivity (Wildman–Crippen MR) is 86.1 cm³/mol. The first-order valence-corrected chi connectivity index (χ1v) is 7.54. The number of thiocyanates is 1. The maximum atomic E-state index is 8.59. The quantitative estimate of drug-likeness (QED) is 0.474. The third-order valence-corrected chi connectivity index (χ3v) is 3.30. The van der Waals surface area contributed by atoms with Crippen molar-refractivity contribution in [1.29, 1.82) is 5.26 Å². The Hall–Kier alpha value is -2.36. The van der Waals surface area contributed by atoms with E-state index in [1.54, 1.807) is 0 Å². The Bertz CT molecular complexity index is 672. The number of rotatable bonds is 4.